The first-order chi connectivity index (χ1) is 14.8. The predicted octanol–water partition coefficient (Wildman–Crippen LogP) is 4.57. The van der Waals surface area contributed by atoms with E-state index in [1.54, 1.807) is 6.07 Å². The van der Waals surface area contributed by atoms with E-state index in [9.17, 15) is 17.9 Å². The number of hydrogen-bond donors (Lipinski definition) is 1. The summed E-state index contributed by atoms with van der Waals surface area (Å²) >= 11 is 11.3. The molecule has 31 heavy (non-hydrogen) atoms. The fourth-order valence-electron chi connectivity index (χ4n) is 3.30. The standard InChI is InChI=1S/C20H16Cl2FN3O3S2/c21-13-2-1-3-16(19(13)22)26-7-6-15-17(10-26)30-20(24-15)25-18(27)8-11-4-5-12(31(28)29)9-14(11)23/h1-5,9H,6-8,10H2,(H,28,29)(H,24,25,27)/p-1. The van der Waals surface area contributed by atoms with Gasteiger partial charge in [-0.05, 0) is 40.9 Å². The number of aromatic nitrogens is 1. The Morgan fingerprint density at radius 3 is 2.87 bits per heavy atom. The molecule has 1 aliphatic heterocycles. The lowest BCUT2D eigenvalue weighted by atomic mass is 10.1. The van der Waals surface area contributed by atoms with E-state index >= 15 is 0 Å². The normalized spacial score (nSPS) is 14.3. The molecule has 6 nitrogen and oxygen atoms in total. The Morgan fingerprint density at radius 1 is 1.32 bits per heavy atom. The number of halogens is 3. The number of hydrogen-bond acceptors (Lipinski definition) is 6. The number of nitrogens with zero attached hydrogens (tertiary/aromatic N) is 2. The van der Waals surface area contributed by atoms with Gasteiger partial charge in [-0.1, -0.05) is 46.7 Å². The van der Waals surface area contributed by atoms with Crippen LogP contribution in [0.3, 0.4) is 0 Å². The van der Waals surface area contributed by atoms with Gasteiger partial charge in [-0.2, -0.15) is 0 Å². The van der Waals surface area contributed by atoms with E-state index < -0.39 is 22.8 Å². The third-order valence-electron chi connectivity index (χ3n) is 4.82. The number of benzene rings is 2. The van der Waals surface area contributed by atoms with Crippen LogP contribution in [0.25, 0.3) is 0 Å². The second-order valence-corrected chi connectivity index (χ2v) is 9.66. The minimum Gasteiger partial charge on any atom is -0.768 e. The molecule has 0 saturated heterocycles. The molecule has 0 fully saturated rings. The quantitative estimate of drug-likeness (QED) is 0.520. The van der Waals surface area contributed by atoms with Crippen LogP contribution in [0.5, 0.6) is 0 Å². The number of rotatable bonds is 5. The zero-order chi connectivity index (χ0) is 22.1. The van der Waals surface area contributed by atoms with Crippen LogP contribution in [-0.4, -0.2) is 26.2 Å². The molecular formula is C20H15Cl2FN3O3S2-. The molecule has 0 spiro atoms. The molecule has 1 unspecified atom stereocenters. The van der Waals surface area contributed by atoms with Gasteiger partial charge < -0.3 is 14.8 Å². The monoisotopic (exact) mass is 498 g/mol. The summed E-state index contributed by atoms with van der Waals surface area (Å²) in [5.41, 5.74) is 1.86. The highest BCUT2D eigenvalue weighted by Gasteiger charge is 2.23. The summed E-state index contributed by atoms with van der Waals surface area (Å²) in [6.45, 7) is 1.30. The highest BCUT2D eigenvalue weighted by atomic mass is 35.5. The van der Waals surface area contributed by atoms with Gasteiger partial charge in [0.05, 0.1) is 34.4 Å². The van der Waals surface area contributed by atoms with Gasteiger partial charge in [0.25, 0.3) is 0 Å². The molecule has 1 atom stereocenters. The summed E-state index contributed by atoms with van der Waals surface area (Å²) in [4.78, 5) is 19.8. The average molecular weight is 499 g/mol. The Morgan fingerprint density at radius 2 is 2.13 bits per heavy atom. The van der Waals surface area contributed by atoms with E-state index in [2.05, 4.69) is 15.2 Å². The molecule has 162 valence electrons. The van der Waals surface area contributed by atoms with Crippen molar-refractivity contribution in [3.05, 3.63) is 68.4 Å². The smallest absolute Gasteiger partial charge is 0.230 e. The lowest BCUT2D eigenvalue weighted by Crippen LogP contribution is -2.29. The van der Waals surface area contributed by atoms with E-state index in [1.165, 1.54) is 23.5 Å². The van der Waals surface area contributed by atoms with Crippen LogP contribution >= 0.6 is 34.5 Å². The Bertz CT molecular complexity index is 1190. The van der Waals surface area contributed by atoms with Crippen LogP contribution < -0.4 is 10.2 Å². The third-order valence-corrected chi connectivity index (χ3v) is 7.26. The largest absolute Gasteiger partial charge is 0.768 e. The molecule has 0 bridgehead atoms. The van der Waals surface area contributed by atoms with Crippen LogP contribution in [-0.2, 0) is 35.3 Å². The van der Waals surface area contributed by atoms with Gasteiger partial charge >= 0.3 is 0 Å². The summed E-state index contributed by atoms with van der Waals surface area (Å²) < 4.78 is 35.9. The zero-order valence-corrected chi connectivity index (χ0v) is 19.0. The van der Waals surface area contributed by atoms with Crippen molar-refractivity contribution in [2.75, 3.05) is 16.8 Å². The maximum absolute atomic E-state index is 14.1. The van der Waals surface area contributed by atoms with Crippen LogP contribution in [0.4, 0.5) is 15.2 Å². The molecule has 1 aromatic heterocycles. The Hall–Kier alpha value is -2.04. The molecule has 0 saturated carbocycles. The van der Waals surface area contributed by atoms with Gasteiger partial charge in [-0.25, -0.2) is 9.37 Å². The van der Waals surface area contributed by atoms with Gasteiger partial charge in [-0.15, -0.1) is 0 Å². The topological polar surface area (TPSA) is 85.4 Å². The SMILES string of the molecule is O=C(Cc1ccc(S(=O)[O-])cc1F)Nc1nc2c(s1)CN(c1cccc(Cl)c1Cl)CC2. The second kappa shape index (κ2) is 9.22. The van der Waals surface area contributed by atoms with Gasteiger partial charge in [0.15, 0.2) is 5.13 Å². The van der Waals surface area contributed by atoms with E-state index in [-0.39, 0.29) is 16.9 Å². The van der Waals surface area contributed by atoms with Crippen LogP contribution in [0.1, 0.15) is 16.1 Å². The Kier molecular flexibility index (Phi) is 6.59. The number of carbonyl (C=O) groups excluding carboxylic acids is 1. The minimum atomic E-state index is -2.53. The first-order valence-corrected chi connectivity index (χ1v) is 11.8. The molecule has 0 aliphatic carbocycles. The van der Waals surface area contributed by atoms with Gasteiger partial charge in [-0.3, -0.25) is 9.00 Å². The van der Waals surface area contributed by atoms with E-state index in [4.69, 9.17) is 23.2 Å². The lowest BCUT2D eigenvalue weighted by Gasteiger charge is -2.29. The summed E-state index contributed by atoms with van der Waals surface area (Å²) in [6, 6.07) is 8.93. The molecule has 1 aliphatic rings. The number of thiazole rings is 1. The summed E-state index contributed by atoms with van der Waals surface area (Å²) in [7, 11) is 0. The van der Waals surface area contributed by atoms with Crippen LogP contribution in [0, 0.1) is 5.82 Å². The molecule has 1 N–H and O–H groups in total. The molecule has 4 rings (SSSR count). The first-order valence-electron chi connectivity index (χ1n) is 9.17. The number of amides is 1. The molecule has 3 aromatic rings. The van der Waals surface area contributed by atoms with Gasteiger partial charge in [0.1, 0.15) is 5.82 Å². The Labute approximate surface area is 194 Å². The number of carbonyl (C=O) groups is 1. The molecule has 2 heterocycles. The molecule has 11 heteroatoms. The summed E-state index contributed by atoms with van der Waals surface area (Å²) in [6.07, 6.45) is 0.457. The molecule has 2 aromatic carbocycles. The van der Waals surface area contributed by atoms with E-state index in [0.717, 1.165) is 22.3 Å². The van der Waals surface area contributed by atoms with Crippen molar-refractivity contribution in [1.29, 1.82) is 0 Å². The van der Waals surface area contributed by atoms with Crippen LogP contribution in [0.15, 0.2) is 41.3 Å². The van der Waals surface area contributed by atoms with Crippen molar-refractivity contribution < 1.29 is 17.9 Å². The van der Waals surface area contributed by atoms with Gasteiger partial charge in [0, 0.05) is 22.7 Å². The van der Waals surface area contributed by atoms with Gasteiger partial charge in [0.2, 0.25) is 5.91 Å². The molecule has 0 radical (unpaired) electrons. The van der Waals surface area contributed by atoms with Crippen molar-refractivity contribution in [2.24, 2.45) is 0 Å². The molecular weight excluding hydrogens is 484 g/mol. The second-order valence-electron chi connectivity index (χ2n) is 6.85. The first kappa shape index (κ1) is 22.2. The predicted molar refractivity (Wildman–Crippen MR) is 119 cm³/mol. The minimum absolute atomic E-state index is 0.106. The van der Waals surface area contributed by atoms with Crippen molar-refractivity contribution >= 4 is 62.3 Å². The van der Waals surface area contributed by atoms with E-state index in [0.29, 0.717) is 34.7 Å². The fraction of sp³-hybridized carbons (Fsp3) is 0.200. The number of fused-ring (bicyclic) bond motifs is 1. The van der Waals surface area contributed by atoms with Crippen molar-refractivity contribution in [3.8, 4) is 0 Å². The fourth-order valence-corrected chi connectivity index (χ4v) is 5.14. The highest BCUT2D eigenvalue weighted by molar-refractivity contribution is 7.79. The highest BCUT2D eigenvalue weighted by Crippen LogP contribution is 2.36. The maximum Gasteiger partial charge on any atom is 0.230 e. The van der Waals surface area contributed by atoms with Crippen LogP contribution in [0.2, 0.25) is 10.0 Å². The lowest BCUT2D eigenvalue weighted by molar-refractivity contribution is -0.115. The summed E-state index contributed by atoms with van der Waals surface area (Å²) in [5, 5.41) is 4.13. The number of nitrogens with one attached hydrogen (secondary N) is 1. The third kappa shape index (κ3) is 4.91. The zero-order valence-electron chi connectivity index (χ0n) is 15.9. The van der Waals surface area contributed by atoms with E-state index in [1.807, 2.05) is 12.1 Å². The van der Waals surface area contributed by atoms with Crippen molar-refractivity contribution in [2.45, 2.75) is 24.3 Å². The molecule has 1 amide bonds. The Balaban J connectivity index is 1.44. The maximum atomic E-state index is 14.1. The average Bonchev–Trinajstić information content (AvgIpc) is 3.12. The summed E-state index contributed by atoms with van der Waals surface area (Å²) in [5.74, 6) is -1.18. The van der Waals surface area contributed by atoms with Crippen molar-refractivity contribution in [3.63, 3.8) is 0 Å². The number of anilines is 2. The van der Waals surface area contributed by atoms with Crippen molar-refractivity contribution in [1.82, 2.24) is 4.98 Å².